The second kappa shape index (κ2) is 8.76. The third-order valence-electron chi connectivity index (χ3n) is 5.17. The fourth-order valence-electron chi connectivity index (χ4n) is 3.78. The number of nitrogens with zero attached hydrogens (tertiary/aromatic N) is 2. The van der Waals surface area contributed by atoms with Gasteiger partial charge in [-0.3, -0.25) is 0 Å². The van der Waals surface area contributed by atoms with E-state index in [0.717, 1.165) is 6.42 Å². The van der Waals surface area contributed by atoms with Gasteiger partial charge in [0.15, 0.2) is 0 Å². The third kappa shape index (κ3) is 5.11. The predicted octanol–water partition coefficient (Wildman–Crippen LogP) is 1.02. The van der Waals surface area contributed by atoms with Crippen LogP contribution in [0.1, 0.15) is 25.8 Å². The molecule has 1 aromatic rings. The smallest absolute Gasteiger partial charge is 0.279 e. The summed E-state index contributed by atoms with van der Waals surface area (Å²) < 4.78 is 61.2. The molecule has 3 rings (SSSR count). The quantitative estimate of drug-likeness (QED) is 0.726. The maximum Gasteiger partial charge on any atom is 0.279 e. The van der Waals surface area contributed by atoms with Gasteiger partial charge in [-0.25, -0.2) is 8.42 Å². The largest absolute Gasteiger partial charge is 0.379 e. The minimum absolute atomic E-state index is 0.124. The normalized spacial score (nSPS) is 25.6. The number of hydrogen-bond acceptors (Lipinski definition) is 5. The Morgan fingerprint density at radius 3 is 2.11 bits per heavy atom. The monoisotopic (exact) mass is 431 g/mol. The van der Waals surface area contributed by atoms with E-state index in [1.807, 2.05) is 0 Å². The second-order valence-corrected chi connectivity index (χ2v) is 11.4. The Morgan fingerprint density at radius 2 is 1.54 bits per heavy atom. The van der Waals surface area contributed by atoms with Gasteiger partial charge in [0.2, 0.25) is 10.0 Å². The van der Waals surface area contributed by atoms with Gasteiger partial charge in [0.05, 0.1) is 18.1 Å². The molecule has 2 heterocycles. The maximum absolute atomic E-state index is 12.6. The van der Waals surface area contributed by atoms with Crippen LogP contribution in [-0.4, -0.2) is 64.8 Å². The standard InChI is InChI=1S/C18H29N3O5S2/c1-15-11-16(2)14-21(13-15)28(24,25)19-12-17-3-5-18(6-4-17)27(22,23)20-7-9-26-10-8-20/h3-6,15-16,19H,7-14H2,1-2H3. The van der Waals surface area contributed by atoms with Crippen molar-refractivity contribution >= 4 is 20.2 Å². The predicted molar refractivity (Wildman–Crippen MR) is 106 cm³/mol. The van der Waals surface area contributed by atoms with Gasteiger partial charge < -0.3 is 4.74 Å². The van der Waals surface area contributed by atoms with Crippen molar-refractivity contribution in [3.63, 3.8) is 0 Å². The van der Waals surface area contributed by atoms with Gasteiger partial charge in [-0.05, 0) is 36.0 Å². The van der Waals surface area contributed by atoms with Crippen molar-refractivity contribution in [3.05, 3.63) is 29.8 Å². The van der Waals surface area contributed by atoms with Crippen LogP contribution in [0.3, 0.4) is 0 Å². The Labute approximate surface area is 168 Å². The minimum Gasteiger partial charge on any atom is -0.379 e. The summed E-state index contributed by atoms with van der Waals surface area (Å²) in [6.07, 6.45) is 1.03. The zero-order chi connectivity index (χ0) is 20.4. The van der Waals surface area contributed by atoms with Crippen LogP contribution < -0.4 is 4.72 Å². The first-order valence-electron chi connectivity index (χ1n) is 9.60. The Balaban J connectivity index is 1.62. The van der Waals surface area contributed by atoms with Gasteiger partial charge >= 0.3 is 0 Å². The molecule has 0 bridgehead atoms. The van der Waals surface area contributed by atoms with Crippen LogP contribution in [0.2, 0.25) is 0 Å². The highest BCUT2D eigenvalue weighted by Crippen LogP contribution is 2.23. The van der Waals surface area contributed by atoms with Gasteiger partial charge in [-0.1, -0.05) is 26.0 Å². The number of piperidine rings is 1. The van der Waals surface area contributed by atoms with Crippen molar-refractivity contribution in [2.45, 2.75) is 31.7 Å². The average Bonchev–Trinajstić information content (AvgIpc) is 2.67. The van der Waals surface area contributed by atoms with Crippen molar-refractivity contribution in [3.8, 4) is 0 Å². The highest BCUT2D eigenvalue weighted by molar-refractivity contribution is 7.89. The van der Waals surface area contributed by atoms with Crippen molar-refractivity contribution in [1.29, 1.82) is 0 Å². The molecule has 2 fully saturated rings. The summed E-state index contributed by atoms with van der Waals surface area (Å²) in [6.45, 7) is 6.77. The van der Waals surface area contributed by atoms with E-state index in [-0.39, 0.29) is 11.4 Å². The second-order valence-electron chi connectivity index (χ2n) is 7.75. The van der Waals surface area contributed by atoms with Crippen LogP contribution in [-0.2, 0) is 31.5 Å². The Kier molecular flexibility index (Phi) is 6.78. The molecule has 0 aliphatic carbocycles. The summed E-state index contributed by atoms with van der Waals surface area (Å²) >= 11 is 0. The topological polar surface area (TPSA) is 96.0 Å². The molecule has 28 heavy (non-hydrogen) atoms. The van der Waals surface area contributed by atoms with Gasteiger partial charge in [0.1, 0.15) is 0 Å². The molecule has 10 heteroatoms. The molecule has 158 valence electrons. The molecular formula is C18H29N3O5S2. The minimum atomic E-state index is -3.56. The van der Waals surface area contributed by atoms with Crippen LogP contribution in [0, 0.1) is 11.8 Å². The summed E-state index contributed by atoms with van der Waals surface area (Å²) in [5.74, 6) is 0.676. The van der Waals surface area contributed by atoms with E-state index in [9.17, 15) is 16.8 Å². The lowest BCUT2D eigenvalue weighted by Gasteiger charge is -2.33. The average molecular weight is 432 g/mol. The first kappa shape index (κ1) is 21.7. The highest BCUT2D eigenvalue weighted by Gasteiger charge is 2.30. The number of rotatable bonds is 6. The molecule has 2 aliphatic heterocycles. The van der Waals surface area contributed by atoms with E-state index in [4.69, 9.17) is 4.74 Å². The summed E-state index contributed by atoms with van der Waals surface area (Å²) in [5, 5.41) is 0. The van der Waals surface area contributed by atoms with Crippen LogP contribution >= 0.6 is 0 Å². The molecule has 0 spiro atoms. The number of morpholine rings is 1. The molecule has 2 atom stereocenters. The van der Waals surface area contributed by atoms with Crippen molar-refractivity contribution in [2.24, 2.45) is 11.8 Å². The molecule has 1 N–H and O–H groups in total. The number of sulfonamides is 1. The van der Waals surface area contributed by atoms with Crippen LogP contribution in [0.5, 0.6) is 0 Å². The Hall–Kier alpha value is -1.04. The lowest BCUT2D eigenvalue weighted by molar-refractivity contribution is 0.0730. The van der Waals surface area contributed by atoms with E-state index in [1.165, 1.54) is 20.7 Å². The number of hydrogen-bond donors (Lipinski definition) is 1. The summed E-state index contributed by atoms with van der Waals surface area (Å²) in [5.41, 5.74) is 0.711. The molecule has 1 aromatic carbocycles. The Bertz CT molecular complexity index is 855. The fraction of sp³-hybridized carbons (Fsp3) is 0.667. The van der Waals surface area contributed by atoms with Gasteiger partial charge in [0.25, 0.3) is 10.2 Å². The fourth-order valence-corrected chi connectivity index (χ4v) is 6.62. The molecule has 2 saturated heterocycles. The molecule has 0 radical (unpaired) electrons. The molecule has 2 aliphatic rings. The van der Waals surface area contributed by atoms with Crippen LogP contribution in [0.15, 0.2) is 29.2 Å². The van der Waals surface area contributed by atoms with Crippen molar-refractivity contribution in [1.82, 2.24) is 13.3 Å². The molecule has 8 nitrogen and oxygen atoms in total. The third-order valence-corrected chi connectivity index (χ3v) is 8.57. The summed E-state index contributed by atoms with van der Waals surface area (Å²) in [4.78, 5) is 0.208. The van der Waals surface area contributed by atoms with E-state index in [2.05, 4.69) is 18.6 Å². The van der Waals surface area contributed by atoms with Crippen LogP contribution in [0.25, 0.3) is 0 Å². The summed E-state index contributed by atoms with van der Waals surface area (Å²) in [7, 11) is -7.11. The SMILES string of the molecule is CC1CC(C)CN(S(=O)(=O)NCc2ccc(S(=O)(=O)N3CCOCC3)cc2)C1. The van der Waals surface area contributed by atoms with Gasteiger partial charge in [-0.2, -0.15) is 21.8 Å². The van der Waals surface area contributed by atoms with E-state index in [0.29, 0.717) is 56.8 Å². The molecule has 2 unspecified atom stereocenters. The number of ether oxygens (including phenoxy) is 1. The molecule has 0 aromatic heterocycles. The van der Waals surface area contributed by atoms with Gasteiger partial charge in [0, 0.05) is 32.7 Å². The first-order valence-corrected chi connectivity index (χ1v) is 12.5. The molecule has 0 saturated carbocycles. The highest BCUT2D eigenvalue weighted by atomic mass is 32.2. The number of benzene rings is 1. The van der Waals surface area contributed by atoms with E-state index < -0.39 is 20.2 Å². The first-order chi connectivity index (χ1) is 13.2. The van der Waals surface area contributed by atoms with E-state index in [1.54, 1.807) is 12.1 Å². The lowest BCUT2D eigenvalue weighted by atomic mass is 9.94. The molecular weight excluding hydrogens is 402 g/mol. The van der Waals surface area contributed by atoms with Crippen molar-refractivity contribution in [2.75, 3.05) is 39.4 Å². The van der Waals surface area contributed by atoms with E-state index >= 15 is 0 Å². The number of nitrogens with one attached hydrogen (secondary N) is 1. The maximum atomic E-state index is 12.6. The van der Waals surface area contributed by atoms with Gasteiger partial charge in [-0.15, -0.1) is 0 Å². The zero-order valence-electron chi connectivity index (χ0n) is 16.4. The lowest BCUT2D eigenvalue weighted by Crippen LogP contribution is -2.47. The van der Waals surface area contributed by atoms with Crippen molar-refractivity contribution < 1.29 is 21.6 Å². The van der Waals surface area contributed by atoms with Crippen LogP contribution in [0.4, 0.5) is 0 Å². The zero-order valence-corrected chi connectivity index (χ0v) is 18.0. The molecule has 0 amide bonds. The summed E-state index contributed by atoms with van der Waals surface area (Å²) in [6, 6.07) is 6.35. The Morgan fingerprint density at radius 1 is 0.964 bits per heavy atom.